The van der Waals surface area contributed by atoms with Gasteiger partial charge in [-0.05, 0) is 48.6 Å². The highest BCUT2D eigenvalue weighted by Gasteiger charge is 2.50. The van der Waals surface area contributed by atoms with Crippen LogP contribution < -0.4 is 4.90 Å². The van der Waals surface area contributed by atoms with Crippen molar-refractivity contribution in [1.29, 1.82) is 0 Å². The van der Waals surface area contributed by atoms with E-state index in [1.165, 1.54) is 0 Å². The molecule has 1 N–H and O–H groups in total. The fourth-order valence-electron chi connectivity index (χ4n) is 5.23. The summed E-state index contributed by atoms with van der Waals surface area (Å²) in [7, 11) is 1.77. The van der Waals surface area contributed by atoms with Gasteiger partial charge in [0.15, 0.2) is 0 Å². The number of benzene rings is 1. The third kappa shape index (κ3) is 3.22. The number of carbonyl (C=O) groups excluding carboxylic acids is 2. The number of likely N-dealkylation sites (tertiary alicyclic amines) is 2. The second kappa shape index (κ2) is 7.16. The number of aliphatic hydroxyl groups excluding tert-OH is 1. The molecule has 28 heavy (non-hydrogen) atoms. The number of carbonyl (C=O) groups is 2. The molecule has 6 nitrogen and oxygen atoms in total. The van der Waals surface area contributed by atoms with Gasteiger partial charge in [0.2, 0.25) is 5.91 Å². The number of rotatable bonds is 4. The van der Waals surface area contributed by atoms with Crippen LogP contribution >= 0.6 is 0 Å². The summed E-state index contributed by atoms with van der Waals surface area (Å²) in [5, 5.41) is 10.2. The van der Waals surface area contributed by atoms with Gasteiger partial charge < -0.3 is 19.8 Å². The van der Waals surface area contributed by atoms with E-state index in [0.29, 0.717) is 36.9 Å². The van der Waals surface area contributed by atoms with Crippen molar-refractivity contribution in [2.45, 2.75) is 26.7 Å². The van der Waals surface area contributed by atoms with Crippen molar-refractivity contribution in [3.05, 3.63) is 29.3 Å². The van der Waals surface area contributed by atoms with Gasteiger partial charge in [-0.2, -0.15) is 0 Å². The Hall–Kier alpha value is -1.92. The minimum absolute atomic E-state index is 0.0161. The molecule has 0 spiro atoms. The van der Waals surface area contributed by atoms with Crippen molar-refractivity contribution in [2.75, 3.05) is 51.3 Å². The fraction of sp³-hybridized carbons (Fsp3) is 0.636. The number of likely N-dealkylation sites (N-methyl/N-ethyl adjacent to an activating group) is 1. The van der Waals surface area contributed by atoms with E-state index in [0.717, 1.165) is 37.3 Å². The molecule has 4 rings (SSSR count). The van der Waals surface area contributed by atoms with Gasteiger partial charge >= 0.3 is 0 Å². The van der Waals surface area contributed by atoms with Crippen molar-refractivity contribution in [1.82, 2.24) is 9.80 Å². The van der Waals surface area contributed by atoms with Crippen LogP contribution in [0.5, 0.6) is 0 Å². The van der Waals surface area contributed by atoms with Gasteiger partial charge in [0.1, 0.15) is 0 Å². The number of nitrogens with zero attached hydrogens (tertiary/aromatic N) is 3. The first kappa shape index (κ1) is 19.4. The van der Waals surface area contributed by atoms with Gasteiger partial charge in [-0.3, -0.25) is 9.59 Å². The molecule has 1 aromatic carbocycles. The highest BCUT2D eigenvalue weighted by atomic mass is 16.3. The first-order valence-electron chi connectivity index (χ1n) is 10.3. The van der Waals surface area contributed by atoms with Crippen LogP contribution in [-0.4, -0.2) is 73.1 Å². The quantitative estimate of drug-likeness (QED) is 0.856. The maximum atomic E-state index is 13.2. The van der Waals surface area contributed by atoms with E-state index in [1.807, 2.05) is 23.1 Å². The molecular weight excluding hydrogens is 354 g/mol. The molecule has 0 aliphatic carbocycles. The van der Waals surface area contributed by atoms with Gasteiger partial charge in [0, 0.05) is 49.9 Å². The van der Waals surface area contributed by atoms with E-state index in [9.17, 15) is 14.7 Å². The molecule has 0 unspecified atom stereocenters. The molecule has 0 bridgehead atoms. The second-order valence-electron chi connectivity index (χ2n) is 9.28. The molecule has 3 heterocycles. The first-order chi connectivity index (χ1) is 13.3. The predicted octanol–water partition coefficient (Wildman–Crippen LogP) is 1.62. The molecule has 2 atom stereocenters. The van der Waals surface area contributed by atoms with Crippen LogP contribution in [0.25, 0.3) is 0 Å². The SMILES string of the molecule is CC(C)CN1CC[C@]2(CO)CN(C(=O)c3ccc4c(c3)CC(=O)N4C)C[C@@H]2C1. The Morgan fingerprint density at radius 2 is 2.11 bits per heavy atom. The minimum Gasteiger partial charge on any atom is -0.396 e. The largest absolute Gasteiger partial charge is 0.396 e. The Morgan fingerprint density at radius 1 is 1.32 bits per heavy atom. The highest BCUT2D eigenvalue weighted by Crippen LogP contribution is 2.43. The number of piperidine rings is 1. The fourth-order valence-corrected chi connectivity index (χ4v) is 5.23. The van der Waals surface area contributed by atoms with Gasteiger partial charge in [0.05, 0.1) is 13.0 Å². The maximum Gasteiger partial charge on any atom is 0.253 e. The molecule has 6 heteroatoms. The smallest absolute Gasteiger partial charge is 0.253 e. The van der Waals surface area contributed by atoms with Crippen molar-refractivity contribution in [2.24, 2.45) is 17.3 Å². The lowest BCUT2D eigenvalue weighted by Crippen LogP contribution is -2.49. The Kier molecular flexibility index (Phi) is 4.96. The van der Waals surface area contributed by atoms with Gasteiger partial charge in [-0.1, -0.05) is 13.8 Å². The van der Waals surface area contributed by atoms with Crippen LogP contribution in [0.2, 0.25) is 0 Å². The van der Waals surface area contributed by atoms with Crippen LogP contribution in [0, 0.1) is 17.3 Å². The minimum atomic E-state index is -0.171. The number of amides is 2. The molecule has 3 aliphatic rings. The lowest BCUT2D eigenvalue weighted by Gasteiger charge is -2.42. The van der Waals surface area contributed by atoms with Crippen molar-refractivity contribution in [3.63, 3.8) is 0 Å². The van der Waals surface area contributed by atoms with E-state index in [-0.39, 0.29) is 23.8 Å². The molecule has 2 saturated heterocycles. The number of aliphatic hydroxyl groups is 1. The maximum absolute atomic E-state index is 13.2. The molecule has 2 amide bonds. The summed E-state index contributed by atoms with van der Waals surface area (Å²) in [4.78, 5) is 31.2. The van der Waals surface area contributed by atoms with Crippen LogP contribution in [-0.2, 0) is 11.2 Å². The van der Waals surface area contributed by atoms with E-state index in [2.05, 4.69) is 18.7 Å². The lowest BCUT2D eigenvalue weighted by molar-refractivity contribution is -0.117. The summed E-state index contributed by atoms with van der Waals surface area (Å²) >= 11 is 0. The molecule has 3 aliphatic heterocycles. The standard InChI is InChI=1S/C22H31N3O3/c1-15(2)10-24-7-6-22(14-26)13-25(12-18(22)11-24)21(28)16-4-5-19-17(8-16)9-20(27)23(19)3/h4-5,8,15,18,26H,6-7,9-14H2,1-3H3/t18-,22+/m0/s1. The summed E-state index contributed by atoms with van der Waals surface area (Å²) in [6.07, 6.45) is 1.30. The monoisotopic (exact) mass is 385 g/mol. The zero-order valence-corrected chi connectivity index (χ0v) is 17.1. The molecule has 152 valence electrons. The molecule has 0 saturated carbocycles. The zero-order chi connectivity index (χ0) is 20.1. The molecule has 0 radical (unpaired) electrons. The summed E-state index contributed by atoms with van der Waals surface area (Å²) in [5.74, 6) is 1.02. The van der Waals surface area contributed by atoms with Gasteiger partial charge in [-0.15, -0.1) is 0 Å². The lowest BCUT2D eigenvalue weighted by atomic mass is 9.73. The Balaban J connectivity index is 1.51. The first-order valence-corrected chi connectivity index (χ1v) is 10.3. The molecule has 0 aromatic heterocycles. The average molecular weight is 386 g/mol. The van der Waals surface area contributed by atoms with E-state index < -0.39 is 0 Å². The Labute approximate surface area is 167 Å². The third-order valence-electron chi connectivity index (χ3n) is 6.85. The number of hydrogen-bond donors (Lipinski definition) is 1. The normalized spacial score (nSPS) is 27.5. The van der Waals surface area contributed by atoms with Crippen molar-refractivity contribution >= 4 is 17.5 Å². The molecule has 2 fully saturated rings. The Bertz CT molecular complexity index is 793. The van der Waals surface area contributed by atoms with Crippen molar-refractivity contribution < 1.29 is 14.7 Å². The summed E-state index contributed by atoms with van der Waals surface area (Å²) in [6, 6.07) is 5.58. The highest BCUT2D eigenvalue weighted by molar-refractivity contribution is 6.03. The van der Waals surface area contributed by atoms with Crippen LogP contribution in [0.1, 0.15) is 36.2 Å². The second-order valence-corrected chi connectivity index (χ2v) is 9.28. The van der Waals surface area contributed by atoms with E-state index >= 15 is 0 Å². The topological polar surface area (TPSA) is 64.1 Å². The number of fused-ring (bicyclic) bond motifs is 2. The van der Waals surface area contributed by atoms with Crippen LogP contribution in [0.4, 0.5) is 5.69 Å². The molecule has 1 aromatic rings. The predicted molar refractivity (Wildman–Crippen MR) is 108 cm³/mol. The summed E-state index contributed by atoms with van der Waals surface area (Å²) < 4.78 is 0. The number of anilines is 1. The van der Waals surface area contributed by atoms with Crippen molar-refractivity contribution in [3.8, 4) is 0 Å². The van der Waals surface area contributed by atoms with Crippen LogP contribution in [0.15, 0.2) is 18.2 Å². The van der Waals surface area contributed by atoms with E-state index in [1.54, 1.807) is 11.9 Å². The Morgan fingerprint density at radius 3 is 2.82 bits per heavy atom. The summed E-state index contributed by atoms with van der Waals surface area (Å²) in [5.41, 5.74) is 2.30. The van der Waals surface area contributed by atoms with E-state index in [4.69, 9.17) is 0 Å². The average Bonchev–Trinajstić information content (AvgIpc) is 3.18. The van der Waals surface area contributed by atoms with Crippen LogP contribution in [0.3, 0.4) is 0 Å². The van der Waals surface area contributed by atoms with Gasteiger partial charge in [-0.25, -0.2) is 0 Å². The van der Waals surface area contributed by atoms with Gasteiger partial charge in [0.25, 0.3) is 5.91 Å². The molecular formula is C22H31N3O3. The summed E-state index contributed by atoms with van der Waals surface area (Å²) in [6.45, 7) is 8.93. The zero-order valence-electron chi connectivity index (χ0n) is 17.1. The third-order valence-corrected chi connectivity index (χ3v) is 6.85. The number of hydrogen-bond acceptors (Lipinski definition) is 4.